The highest BCUT2D eigenvalue weighted by molar-refractivity contribution is 7.98. The van der Waals surface area contributed by atoms with Gasteiger partial charge in [-0.1, -0.05) is 6.42 Å². The summed E-state index contributed by atoms with van der Waals surface area (Å²) in [4.78, 5) is 0. The highest BCUT2D eigenvalue weighted by Gasteiger charge is 2.01. The number of nitrogens with two attached hydrogens (primary N) is 1. The zero-order chi connectivity index (χ0) is 11.1. The second-order valence-corrected chi connectivity index (χ2v) is 4.57. The zero-order valence-electron chi connectivity index (χ0n) is 9.49. The highest BCUT2D eigenvalue weighted by Crippen LogP contribution is 2.14. The van der Waals surface area contributed by atoms with E-state index in [2.05, 4.69) is 16.7 Å². The van der Waals surface area contributed by atoms with Gasteiger partial charge in [0.15, 0.2) is 5.82 Å². The van der Waals surface area contributed by atoms with E-state index in [1.54, 1.807) is 4.68 Å². The fourth-order valence-corrected chi connectivity index (χ4v) is 1.89. The minimum absolute atomic E-state index is 0.724. The Kier molecular flexibility index (Phi) is 5.39. The van der Waals surface area contributed by atoms with Crippen molar-refractivity contribution in [2.45, 2.75) is 19.3 Å². The molecule has 1 heterocycles. The van der Waals surface area contributed by atoms with Crippen LogP contribution in [0.25, 0.3) is 0 Å². The fourth-order valence-electron chi connectivity index (χ4n) is 1.40. The number of rotatable bonds is 7. The lowest BCUT2D eigenvalue weighted by atomic mass is 10.2. The van der Waals surface area contributed by atoms with Crippen molar-refractivity contribution in [1.29, 1.82) is 0 Å². The minimum Gasteiger partial charge on any atom is -0.394 e. The predicted molar refractivity (Wildman–Crippen MR) is 68.3 cm³/mol. The van der Waals surface area contributed by atoms with E-state index in [0.29, 0.717) is 0 Å². The molecule has 0 radical (unpaired) electrons. The van der Waals surface area contributed by atoms with E-state index >= 15 is 0 Å². The van der Waals surface area contributed by atoms with Gasteiger partial charge in [-0.15, -0.1) is 0 Å². The van der Waals surface area contributed by atoms with Gasteiger partial charge in [0.25, 0.3) is 0 Å². The molecular formula is C10H20N4S. The maximum Gasteiger partial charge on any atom is 0.171 e. The van der Waals surface area contributed by atoms with Crippen LogP contribution in [0, 0.1) is 0 Å². The van der Waals surface area contributed by atoms with Gasteiger partial charge in [0.1, 0.15) is 0 Å². The standard InChI is InChI=1S/C10H20N4S/c1-14-8-9(11)10(13-14)12-6-4-3-5-7-15-2/h8H,3-7,11H2,1-2H3,(H,12,13). The van der Waals surface area contributed by atoms with Crippen LogP contribution in [0.1, 0.15) is 19.3 Å². The van der Waals surface area contributed by atoms with Crippen LogP contribution in [-0.2, 0) is 7.05 Å². The van der Waals surface area contributed by atoms with Gasteiger partial charge in [0.2, 0.25) is 0 Å². The van der Waals surface area contributed by atoms with Gasteiger partial charge in [-0.25, -0.2) is 0 Å². The topological polar surface area (TPSA) is 55.9 Å². The smallest absolute Gasteiger partial charge is 0.171 e. The van der Waals surface area contributed by atoms with E-state index in [9.17, 15) is 0 Å². The fraction of sp³-hybridized carbons (Fsp3) is 0.700. The molecule has 0 spiro atoms. The van der Waals surface area contributed by atoms with Crippen molar-refractivity contribution in [2.75, 3.05) is 29.6 Å². The van der Waals surface area contributed by atoms with Crippen molar-refractivity contribution in [3.05, 3.63) is 6.20 Å². The van der Waals surface area contributed by atoms with Gasteiger partial charge in [0, 0.05) is 19.8 Å². The largest absolute Gasteiger partial charge is 0.394 e. The first-order valence-electron chi connectivity index (χ1n) is 5.26. The average Bonchev–Trinajstić information content (AvgIpc) is 2.51. The van der Waals surface area contributed by atoms with Crippen LogP contribution in [0.2, 0.25) is 0 Å². The molecule has 1 aromatic heterocycles. The molecule has 0 atom stereocenters. The number of hydrogen-bond acceptors (Lipinski definition) is 4. The van der Waals surface area contributed by atoms with Gasteiger partial charge >= 0.3 is 0 Å². The summed E-state index contributed by atoms with van der Waals surface area (Å²) in [6.07, 6.45) is 7.70. The number of aromatic nitrogens is 2. The Labute approximate surface area is 95.6 Å². The number of nitrogen functional groups attached to an aromatic ring is 1. The Balaban J connectivity index is 2.12. The van der Waals surface area contributed by atoms with Crippen LogP contribution in [0.15, 0.2) is 6.20 Å². The molecule has 0 fully saturated rings. The first kappa shape index (κ1) is 12.2. The summed E-state index contributed by atoms with van der Waals surface area (Å²) >= 11 is 1.91. The van der Waals surface area contributed by atoms with E-state index in [0.717, 1.165) is 18.1 Å². The summed E-state index contributed by atoms with van der Waals surface area (Å²) in [6, 6.07) is 0. The Bertz CT molecular complexity index is 285. The molecule has 0 amide bonds. The quantitative estimate of drug-likeness (QED) is 0.700. The Morgan fingerprint density at radius 3 is 2.87 bits per heavy atom. The SMILES string of the molecule is CSCCCCCNc1nn(C)cc1N. The molecule has 15 heavy (non-hydrogen) atoms. The Hall–Kier alpha value is -0.840. The van der Waals surface area contributed by atoms with Crippen LogP contribution in [0.4, 0.5) is 11.5 Å². The lowest BCUT2D eigenvalue weighted by Crippen LogP contribution is -2.04. The molecule has 0 aliphatic carbocycles. The number of unbranched alkanes of at least 4 members (excludes halogenated alkanes) is 2. The van der Waals surface area contributed by atoms with E-state index in [-0.39, 0.29) is 0 Å². The molecule has 4 nitrogen and oxygen atoms in total. The number of anilines is 2. The van der Waals surface area contributed by atoms with Gasteiger partial charge in [-0.3, -0.25) is 4.68 Å². The first-order valence-corrected chi connectivity index (χ1v) is 6.65. The first-order chi connectivity index (χ1) is 7.24. The molecule has 3 N–H and O–H groups in total. The number of nitrogens with zero attached hydrogens (tertiary/aromatic N) is 2. The zero-order valence-corrected chi connectivity index (χ0v) is 10.3. The molecule has 0 unspecified atom stereocenters. The summed E-state index contributed by atoms with van der Waals surface area (Å²) in [5.74, 6) is 2.06. The number of aryl methyl sites for hydroxylation is 1. The van der Waals surface area contributed by atoms with E-state index < -0.39 is 0 Å². The monoisotopic (exact) mass is 228 g/mol. The summed E-state index contributed by atoms with van der Waals surface area (Å²) in [6.45, 7) is 0.954. The third kappa shape index (κ3) is 4.46. The molecule has 1 aromatic rings. The summed E-state index contributed by atoms with van der Waals surface area (Å²) in [7, 11) is 1.88. The van der Waals surface area contributed by atoms with Crippen molar-refractivity contribution >= 4 is 23.3 Å². The summed E-state index contributed by atoms with van der Waals surface area (Å²) in [5, 5.41) is 7.47. The number of nitrogens with one attached hydrogen (secondary N) is 1. The minimum atomic E-state index is 0.724. The van der Waals surface area contributed by atoms with Crippen molar-refractivity contribution in [2.24, 2.45) is 7.05 Å². The molecule has 0 aromatic carbocycles. The third-order valence-corrected chi connectivity index (χ3v) is 2.87. The molecule has 0 saturated heterocycles. The molecule has 86 valence electrons. The Morgan fingerprint density at radius 2 is 2.27 bits per heavy atom. The van der Waals surface area contributed by atoms with Crippen molar-refractivity contribution in [3.8, 4) is 0 Å². The van der Waals surface area contributed by atoms with E-state index in [1.807, 2.05) is 25.0 Å². The van der Waals surface area contributed by atoms with Crippen molar-refractivity contribution in [3.63, 3.8) is 0 Å². The number of thioether (sulfide) groups is 1. The molecule has 0 saturated carbocycles. The molecule has 0 aliphatic rings. The molecule has 0 aliphatic heterocycles. The van der Waals surface area contributed by atoms with Gasteiger partial charge in [0.05, 0.1) is 5.69 Å². The maximum atomic E-state index is 5.75. The molecular weight excluding hydrogens is 208 g/mol. The predicted octanol–water partition coefficient (Wildman–Crippen LogP) is 1.95. The van der Waals surface area contributed by atoms with Gasteiger partial charge < -0.3 is 11.1 Å². The van der Waals surface area contributed by atoms with Crippen molar-refractivity contribution in [1.82, 2.24) is 9.78 Å². The summed E-state index contributed by atoms with van der Waals surface area (Å²) < 4.78 is 1.73. The lowest BCUT2D eigenvalue weighted by Gasteiger charge is -2.03. The van der Waals surface area contributed by atoms with Crippen molar-refractivity contribution < 1.29 is 0 Å². The lowest BCUT2D eigenvalue weighted by molar-refractivity contribution is 0.738. The average molecular weight is 228 g/mol. The van der Waals surface area contributed by atoms with Crippen LogP contribution >= 0.6 is 11.8 Å². The van der Waals surface area contributed by atoms with E-state index in [1.165, 1.54) is 25.0 Å². The van der Waals surface area contributed by atoms with Crippen LogP contribution < -0.4 is 11.1 Å². The molecule has 1 rings (SSSR count). The molecule has 0 bridgehead atoms. The second kappa shape index (κ2) is 6.61. The van der Waals surface area contributed by atoms with E-state index in [4.69, 9.17) is 5.73 Å². The summed E-state index contributed by atoms with van der Waals surface area (Å²) in [5.41, 5.74) is 6.48. The molecule has 5 heteroatoms. The van der Waals surface area contributed by atoms with Gasteiger partial charge in [-0.2, -0.15) is 16.9 Å². The highest BCUT2D eigenvalue weighted by atomic mass is 32.2. The Morgan fingerprint density at radius 1 is 1.47 bits per heavy atom. The normalized spacial score (nSPS) is 10.5. The van der Waals surface area contributed by atoms with Crippen LogP contribution in [-0.4, -0.2) is 28.3 Å². The second-order valence-electron chi connectivity index (χ2n) is 3.59. The maximum absolute atomic E-state index is 5.75. The van der Waals surface area contributed by atoms with Gasteiger partial charge in [-0.05, 0) is 24.9 Å². The number of hydrogen-bond donors (Lipinski definition) is 2. The third-order valence-electron chi connectivity index (χ3n) is 2.17. The van der Waals surface area contributed by atoms with Crippen LogP contribution in [0.5, 0.6) is 0 Å². The van der Waals surface area contributed by atoms with Crippen LogP contribution in [0.3, 0.4) is 0 Å².